The van der Waals surface area contributed by atoms with Crippen LogP contribution in [0.1, 0.15) is 6.92 Å². The summed E-state index contributed by atoms with van der Waals surface area (Å²) in [6.45, 7) is 1.73. The Kier molecular flexibility index (Phi) is 6.38. The van der Waals surface area contributed by atoms with Crippen LogP contribution < -0.4 is 15.6 Å². The molecule has 0 fully saturated rings. The lowest BCUT2D eigenvalue weighted by molar-refractivity contribution is -0.119. The molecule has 0 aliphatic carbocycles. The number of aromatic nitrogens is 3. The summed E-state index contributed by atoms with van der Waals surface area (Å²) in [6, 6.07) is 12.1. The molecule has 0 unspecified atom stereocenters. The Hall–Kier alpha value is -3.77. The first-order valence-electron chi connectivity index (χ1n) is 9.77. The van der Waals surface area contributed by atoms with E-state index in [4.69, 9.17) is 4.42 Å². The van der Waals surface area contributed by atoms with Crippen LogP contribution in [0.3, 0.4) is 0 Å². The molecule has 10 nitrogen and oxygen atoms in total. The minimum absolute atomic E-state index is 0.0363. The van der Waals surface area contributed by atoms with E-state index in [1.54, 1.807) is 30.5 Å². The number of carbonyl (C=O) groups excluding carboxylic acids is 1. The smallest absolute Gasteiger partial charge is 0.266 e. The van der Waals surface area contributed by atoms with E-state index in [0.29, 0.717) is 17.1 Å². The van der Waals surface area contributed by atoms with Crippen LogP contribution in [-0.2, 0) is 21.4 Å². The first kappa shape index (κ1) is 22.4. The summed E-state index contributed by atoms with van der Waals surface area (Å²) in [6.07, 6.45) is 3.01. The number of carbonyl (C=O) groups is 1. The summed E-state index contributed by atoms with van der Waals surface area (Å²) in [5, 5.41) is 8.91. The van der Waals surface area contributed by atoms with Crippen molar-refractivity contribution < 1.29 is 17.6 Å². The highest BCUT2D eigenvalue weighted by Gasteiger charge is 2.18. The summed E-state index contributed by atoms with van der Waals surface area (Å²) in [7, 11) is -3.78. The first-order chi connectivity index (χ1) is 15.8. The van der Waals surface area contributed by atoms with Crippen LogP contribution in [0.2, 0.25) is 0 Å². The van der Waals surface area contributed by atoms with Gasteiger partial charge >= 0.3 is 0 Å². The van der Waals surface area contributed by atoms with Crippen molar-refractivity contribution in [3.05, 3.63) is 76.7 Å². The molecular formula is C21H19N5O5S2. The third-order valence-electron chi connectivity index (χ3n) is 4.62. The van der Waals surface area contributed by atoms with Crippen LogP contribution in [0, 0.1) is 5.92 Å². The van der Waals surface area contributed by atoms with Crippen LogP contribution in [0.5, 0.6) is 0 Å². The van der Waals surface area contributed by atoms with Crippen molar-refractivity contribution in [2.75, 3.05) is 10.0 Å². The minimum Gasteiger partial charge on any atom is -0.463 e. The van der Waals surface area contributed by atoms with Gasteiger partial charge in [-0.25, -0.2) is 18.1 Å². The third-order valence-corrected chi connectivity index (χ3v) is 6.79. The van der Waals surface area contributed by atoms with Gasteiger partial charge in [-0.05, 0) is 42.5 Å². The van der Waals surface area contributed by atoms with Gasteiger partial charge in [0.2, 0.25) is 5.91 Å². The molecular weight excluding hydrogens is 466 g/mol. The van der Waals surface area contributed by atoms with Gasteiger partial charge < -0.3 is 9.73 Å². The van der Waals surface area contributed by atoms with Crippen molar-refractivity contribution in [2.45, 2.75) is 18.4 Å². The normalized spacial score (nSPS) is 12.3. The minimum atomic E-state index is -3.78. The average Bonchev–Trinajstić information content (AvgIpc) is 3.50. The fourth-order valence-electron chi connectivity index (χ4n) is 2.91. The quantitative estimate of drug-likeness (QED) is 0.391. The Morgan fingerprint density at radius 2 is 1.97 bits per heavy atom. The monoisotopic (exact) mass is 485 g/mol. The van der Waals surface area contributed by atoms with Gasteiger partial charge in [0.15, 0.2) is 10.9 Å². The number of anilines is 2. The SMILES string of the molecule is C[C@H](Cn1nc(-c2ccco2)ccc1=O)C(=O)Nc1ccc(S(=O)(=O)Nc2nccs2)cc1. The largest absolute Gasteiger partial charge is 0.463 e. The van der Waals surface area contributed by atoms with E-state index in [2.05, 4.69) is 20.1 Å². The van der Waals surface area contributed by atoms with Crippen molar-refractivity contribution in [1.29, 1.82) is 0 Å². The van der Waals surface area contributed by atoms with Crippen LogP contribution in [-0.4, -0.2) is 29.1 Å². The van der Waals surface area contributed by atoms with Gasteiger partial charge in [-0.1, -0.05) is 6.92 Å². The fraction of sp³-hybridized carbons (Fsp3) is 0.143. The van der Waals surface area contributed by atoms with Gasteiger partial charge in [-0.3, -0.25) is 14.3 Å². The molecule has 0 aliphatic rings. The molecule has 1 aromatic carbocycles. The predicted octanol–water partition coefficient (Wildman–Crippen LogP) is 3.04. The van der Waals surface area contributed by atoms with E-state index in [0.717, 1.165) is 0 Å². The van der Waals surface area contributed by atoms with Crippen molar-refractivity contribution in [2.24, 2.45) is 5.92 Å². The lowest BCUT2D eigenvalue weighted by atomic mass is 10.1. The molecule has 12 heteroatoms. The number of amides is 1. The number of nitrogens with zero attached hydrogens (tertiary/aromatic N) is 3. The zero-order chi connectivity index (χ0) is 23.4. The highest BCUT2D eigenvalue weighted by atomic mass is 32.2. The molecule has 1 amide bonds. The molecule has 3 aromatic heterocycles. The second kappa shape index (κ2) is 9.38. The molecule has 4 aromatic rings. The van der Waals surface area contributed by atoms with E-state index in [9.17, 15) is 18.0 Å². The fourth-order valence-corrected chi connectivity index (χ4v) is 4.70. The van der Waals surface area contributed by atoms with Gasteiger partial charge in [-0.2, -0.15) is 5.10 Å². The molecule has 0 aliphatic heterocycles. The van der Waals surface area contributed by atoms with Crippen molar-refractivity contribution in [3.63, 3.8) is 0 Å². The van der Waals surface area contributed by atoms with E-state index in [1.807, 2.05) is 0 Å². The topological polar surface area (TPSA) is 136 Å². The van der Waals surface area contributed by atoms with Gasteiger partial charge in [0.1, 0.15) is 5.69 Å². The molecule has 3 heterocycles. The number of hydrogen-bond donors (Lipinski definition) is 2. The number of hydrogen-bond acceptors (Lipinski definition) is 8. The summed E-state index contributed by atoms with van der Waals surface area (Å²) in [5.41, 5.74) is 0.562. The molecule has 0 spiro atoms. The molecule has 0 saturated carbocycles. The number of benzene rings is 1. The zero-order valence-electron chi connectivity index (χ0n) is 17.3. The zero-order valence-corrected chi connectivity index (χ0v) is 19.0. The van der Waals surface area contributed by atoms with Gasteiger partial charge in [0.05, 0.1) is 23.6 Å². The van der Waals surface area contributed by atoms with E-state index in [-0.39, 0.29) is 28.0 Å². The van der Waals surface area contributed by atoms with Crippen LogP contribution in [0.15, 0.2) is 80.5 Å². The van der Waals surface area contributed by atoms with E-state index in [1.165, 1.54) is 58.8 Å². The first-order valence-corrected chi connectivity index (χ1v) is 12.1. The maximum Gasteiger partial charge on any atom is 0.266 e. The Labute approximate surface area is 193 Å². The Bertz CT molecular complexity index is 1400. The summed E-state index contributed by atoms with van der Waals surface area (Å²) in [4.78, 5) is 28.7. The van der Waals surface area contributed by atoms with E-state index < -0.39 is 15.9 Å². The molecule has 0 radical (unpaired) electrons. The maximum absolute atomic E-state index is 12.6. The highest BCUT2D eigenvalue weighted by molar-refractivity contribution is 7.93. The maximum atomic E-state index is 12.6. The highest BCUT2D eigenvalue weighted by Crippen LogP contribution is 2.20. The average molecular weight is 486 g/mol. The predicted molar refractivity (Wildman–Crippen MR) is 123 cm³/mol. The van der Waals surface area contributed by atoms with Crippen molar-refractivity contribution in [3.8, 4) is 11.5 Å². The second-order valence-electron chi connectivity index (χ2n) is 7.07. The number of furan rings is 1. The third kappa shape index (κ3) is 5.35. The van der Waals surface area contributed by atoms with Crippen LogP contribution >= 0.6 is 11.3 Å². The van der Waals surface area contributed by atoms with Crippen LogP contribution in [0.4, 0.5) is 10.8 Å². The van der Waals surface area contributed by atoms with Crippen LogP contribution in [0.25, 0.3) is 11.5 Å². The van der Waals surface area contributed by atoms with E-state index >= 15 is 0 Å². The second-order valence-corrected chi connectivity index (χ2v) is 9.65. The number of sulfonamides is 1. The molecule has 4 rings (SSSR count). The van der Waals surface area contributed by atoms with Gasteiger partial charge in [0, 0.05) is 23.3 Å². The molecule has 170 valence electrons. The lowest BCUT2D eigenvalue weighted by Crippen LogP contribution is -2.31. The summed E-state index contributed by atoms with van der Waals surface area (Å²) in [5.74, 6) is -0.416. The Balaban J connectivity index is 1.41. The molecule has 0 bridgehead atoms. The lowest BCUT2D eigenvalue weighted by Gasteiger charge is -2.14. The molecule has 2 N–H and O–H groups in total. The number of nitrogens with one attached hydrogen (secondary N) is 2. The van der Waals surface area contributed by atoms with Gasteiger partial charge in [-0.15, -0.1) is 11.3 Å². The standard InChI is InChI=1S/C21H19N5O5S2/c1-14(13-26-19(27)9-8-17(24-26)18-3-2-11-31-18)20(28)23-15-4-6-16(7-5-15)33(29,30)25-21-22-10-12-32-21/h2-12,14H,13H2,1H3,(H,22,25)(H,23,28)/t14-/m1/s1. The number of rotatable bonds is 8. The molecule has 0 saturated heterocycles. The molecule has 33 heavy (non-hydrogen) atoms. The summed E-state index contributed by atoms with van der Waals surface area (Å²) >= 11 is 1.17. The van der Waals surface area contributed by atoms with Gasteiger partial charge in [0.25, 0.3) is 15.6 Å². The Morgan fingerprint density at radius 3 is 2.64 bits per heavy atom. The number of thiazole rings is 1. The molecule has 1 atom stereocenters. The van der Waals surface area contributed by atoms with Crippen molar-refractivity contribution in [1.82, 2.24) is 14.8 Å². The summed E-state index contributed by atoms with van der Waals surface area (Å²) < 4.78 is 33.7. The Morgan fingerprint density at radius 1 is 1.18 bits per heavy atom. The van der Waals surface area contributed by atoms with Crippen molar-refractivity contribution >= 4 is 38.1 Å².